The Bertz CT molecular complexity index is 3820. The van der Waals surface area contributed by atoms with Gasteiger partial charge in [-0.05, 0) is 97.1 Å². The average molecular weight is 1430 g/mol. The van der Waals surface area contributed by atoms with Crippen LogP contribution in [-0.4, -0.2) is 147 Å². The molecule has 5 heterocycles. The molecule has 0 radical (unpaired) electrons. The summed E-state index contributed by atoms with van der Waals surface area (Å²) in [6.45, 7) is 0. The summed E-state index contributed by atoms with van der Waals surface area (Å²) in [5, 5.41) is 62.4. The first-order valence-electron chi connectivity index (χ1n) is 36.6. The Morgan fingerprint density at radius 3 is 0.423 bits per heavy atom. The molecule has 104 heavy (non-hydrogen) atoms. The molecule has 9 aliphatic rings. The normalized spacial score (nSPS) is 40.4. The summed E-state index contributed by atoms with van der Waals surface area (Å²) in [6.07, 6.45) is -31.0. The minimum Gasteiger partial charge on any atom is -0.380 e. The lowest BCUT2D eigenvalue weighted by molar-refractivity contribution is -0.0871. The quantitative estimate of drug-likeness (QED) is 0.0408. The number of alkyl halides is 8. The van der Waals surface area contributed by atoms with Gasteiger partial charge >= 0.3 is 0 Å². The highest BCUT2D eigenvalue weighted by Gasteiger charge is 2.69. The van der Waals surface area contributed by atoms with Crippen molar-refractivity contribution in [3.8, 4) is 0 Å². The number of hydrogen-bond donors (Lipinski definition) is 16. The molecule has 544 valence electrons. The number of para-hydroxylation sites is 8. The third-order valence-electron chi connectivity index (χ3n) is 23.9. The molecule has 32 unspecified atom stereocenters. The fourth-order valence-electron chi connectivity index (χ4n) is 19.5. The van der Waals surface area contributed by atoms with Gasteiger partial charge in [0, 0.05) is 92.8 Å². The SMILES string of the molecule is FC1C(F)C(F)C2C3NC(NC4NC(NC5NC(NC6NC(N3)C3C(Nc7ccccc7)C(Nc7ccccc7)C(Nc7ccccc7)C(Nc7ccccc7)C63)C3C(Nc6ccccc6)C(Nc6ccccc6)C(Nc6ccccc6)C(Nc6ccccc6)C53)C3C(F)C(F)C(F)C(F)C43)C2C1F. The molecule has 17 rings (SSSR count). The van der Waals surface area contributed by atoms with E-state index in [2.05, 4.69) is 85.1 Å². The predicted molar refractivity (Wildman–Crippen MR) is 393 cm³/mol. The number of benzene rings is 8. The Labute approximate surface area is 600 Å². The fraction of sp³-hybridized carbons (Fsp3) is 0.400. The number of anilines is 8. The Balaban J connectivity index is 0.896. The zero-order valence-corrected chi connectivity index (χ0v) is 56.6. The van der Waals surface area contributed by atoms with Crippen molar-refractivity contribution in [1.82, 2.24) is 42.5 Å². The van der Waals surface area contributed by atoms with E-state index in [1.807, 2.05) is 243 Å². The summed E-state index contributed by atoms with van der Waals surface area (Å²) in [7, 11) is 0. The first kappa shape index (κ1) is 68.4. The van der Waals surface area contributed by atoms with Crippen LogP contribution in [0.15, 0.2) is 243 Å². The Morgan fingerprint density at radius 1 is 0.154 bits per heavy atom. The molecule has 0 aromatic heterocycles. The number of fused-ring (bicyclic) bond motifs is 20. The standard InChI is InChI=1S/C80H88F8N16/c81-57-49-51(59(83)63(87)61(57)85)75-98-73(49)97-74-50-52(60(84)64(88)62(86)58(50)82)76(99-74)101-78-54-56(68(92-44-31-15-4-16-32-44)72(96-48-39-23-8-24-40-48)70(94-46-35-19-6-20-36-46)66(54)90-42-27-11-2-12-28-42)80(103-78)104-79-55-53(77(100-75)102-79)65(89-41-25-9-1-10-26-41)69(93-45-33-17-5-18-34-45)71(95-47-37-21-7-22-38-47)67(55)91-43-29-13-3-14-30-43/h1-40,49-80,89-104H. The highest BCUT2D eigenvalue weighted by Crippen LogP contribution is 2.52. The van der Waals surface area contributed by atoms with Crippen molar-refractivity contribution in [2.24, 2.45) is 47.3 Å². The van der Waals surface area contributed by atoms with Crippen LogP contribution in [0.5, 0.6) is 0 Å². The van der Waals surface area contributed by atoms with Gasteiger partial charge < -0.3 is 42.5 Å². The molecule has 4 saturated carbocycles. The van der Waals surface area contributed by atoms with Crippen LogP contribution in [0.3, 0.4) is 0 Å². The third-order valence-corrected chi connectivity index (χ3v) is 23.9. The molecule has 5 aliphatic heterocycles. The molecule has 9 fully saturated rings. The lowest BCUT2D eigenvalue weighted by Crippen LogP contribution is -2.71. The van der Waals surface area contributed by atoms with Gasteiger partial charge in [0.05, 0.1) is 97.7 Å². The number of halogens is 8. The summed E-state index contributed by atoms with van der Waals surface area (Å²) in [5.74, 6) is -8.92. The van der Waals surface area contributed by atoms with E-state index in [1.54, 1.807) is 0 Å². The van der Waals surface area contributed by atoms with Gasteiger partial charge in [0.2, 0.25) is 0 Å². The van der Waals surface area contributed by atoms with Crippen molar-refractivity contribution in [1.29, 1.82) is 0 Å². The van der Waals surface area contributed by atoms with Crippen LogP contribution < -0.4 is 85.1 Å². The van der Waals surface area contributed by atoms with Crippen molar-refractivity contribution >= 4 is 45.5 Å². The Kier molecular flexibility index (Phi) is 19.3. The van der Waals surface area contributed by atoms with Crippen LogP contribution in [0, 0.1) is 47.3 Å². The lowest BCUT2D eigenvalue weighted by atomic mass is 9.66. The van der Waals surface area contributed by atoms with Gasteiger partial charge in [0.15, 0.2) is 24.7 Å². The molecular weight excluding hydrogens is 1340 g/mol. The maximum atomic E-state index is 17.7. The zero-order valence-electron chi connectivity index (χ0n) is 56.6. The van der Waals surface area contributed by atoms with E-state index in [0.29, 0.717) is 0 Å². The van der Waals surface area contributed by atoms with Crippen LogP contribution in [-0.2, 0) is 0 Å². The highest BCUT2D eigenvalue weighted by atomic mass is 19.2. The first-order chi connectivity index (χ1) is 50.9. The molecule has 24 heteroatoms. The molecule has 5 saturated heterocycles. The van der Waals surface area contributed by atoms with Crippen molar-refractivity contribution in [3.63, 3.8) is 0 Å². The summed E-state index contributed by atoms with van der Waals surface area (Å²) in [4.78, 5) is 0. The van der Waals surface area contributed by atoms with Gasteiger partial charge in [-0.3, -0.25) is 42.5 Å². The number of hydrogen-bond acceptors (Lipinski definition) is 16. The number of rotatable bonds is 16. The molecule has 8 aromatic rings. The second-order valence-electron chi connectivity index (χ2n) is 29.6. The minimum absolute atomic E-state index is 0.526. The number of nitrogens with one attached hydrogen (secondary N) is 16. The molecule has 16 nitrogen and oxygen atoms in total. The second-order valence-corrected chi connectivity index (χ2v) is 29.6. The van der Waals surface area contributed by atoms with Crippen LogP contribution in [0.25, 0.3) is 0 Å². The van der Waals surface area contributed by atoms with Crippen LogP contribution in [0.1, 0.15) is 0 Å². The predicted octanol–water partition coefficient (Wildman–Crippen LogP) is 10.9. The first-order valence-corrected chi connectivity index (χ1v) is 36.6. The smallest absolute Gasteiger partial charge is 0.165 e. The van der Waals surface area contributed by atoms with Gasteiger partial charge in [-0.25, -0.2) is 35.1 Å². The molecular formula is C80H88F8N16. The molecule has 0 spiro atoms. The Hall–Kier alpha value is -8.72. The topological polar surface area (TPSA) is 192 Å². The maximum absolute atomic E-state index is 17.7. The van der Waals surface area contributed by atoms with Crippen molar-refractivity contribution in [2.45, 2.75) is 147 Å². The summed E-state index contributed by atoms with van der Waals surface area (Å²) in [5.41, 5.74) is 6.48. The van der Waals surface area contributed by atoms with E-state index in [-0.39, 0.29) is 0 Å². The lowest BCUT2D eigenvalue weighted by Gasteiger charge is -2.54. The van der Waals surface area contributed by atoms with Gasteiger partial charge in [0.1, 0.15) is 24.7 Å². The molecule has 8 aromatic carbocycles. The maximum Gasteiger partial charge on any atom is 0.165 e. The van der Waals surface area contributed by atoms with E-state index in [0.717, 1.165) is 45.5 Å². The Morgan fingerprint density at radius 2 is 0.279 bits per heavy atom. The van der Waals surface area contributed by atoms with Gasteiger partial charge in [-0.15, -0.1) is 0 Å². The van der Waals surface area contributed by atoms with Crippen molar-refractivity contribution in [3.05, 3.63) is 243 Å². The van der Waals surface area contributed by atoms with E-state index < -0.39 is 194 Å². The fourth-order valence-corrected chi connectivity index (χ4v) is 19.5. The van der Waals surface area contributed by atoms with Crippen LogP contribution >= 0.6 is 0 Å². The highest BCUT2D eigenvalue weighted by molar-refractivity contribution is 5.58. The van der Waals surface area contributed by atoms with Gasteiger partial charge in [-0.2, -0.15) is 0 Å². The largest absolute Gasteiger partial charge is 0.380 e. The van der Waals surface area contributed by atoms with Crippen molar-refractivity contribution in [2.75, 3.05) is 42.5 Å². The summed E-state index contributed by atoms with van der Waals surface area (Å²) in [6, 6.07) is 74.9. The second kappa shape index (κ2) is 29.3. The van der Waals surface area contributed by atoms with Crippen LogP contribution in [0.4, 0.5) is 80.6 Å². The molecule has 16 N–H and O–H groups in total. The van der Waals surface area contributed by atoms with E-state index >= 15 is 35.1 Å². The molecule has 8 bridgehead atoms. The van der Waals surface area contributed by atoms with E-state index in [9.17, 15) is 0 Å². The summed E-state index contributed by atoms with van der Waals surface area (Å²) >= 11 is 0. The van der Waals surface area contributed by atoms with E-state index in [4.69, 9.17) is 0 Å². The zero-order chi connectivity index (χ0) is 70.7. The monoisotopic (exact) mass is 1420 g/mol. The van der Waals surface area contributed by atoms with Gasteiger partial charge in [0.25, 0.3) is 0 Å². The van der Waals surface area contributed by atoms with Gasteiger partial charge in [-0.1, -0.05) is 146 Å². The minimum atomic E-state index is -2.90. The molecule has 32 atom stereocenters. The average Bonchev–Trinajstić information content (AvgIpc) is 1.37. The molecule has 0 amide bonds. The summed E-state index contributed by atoms with van der Waals surface area (Å²) < 4.78 is 136. The van der Waals surface area contributed by atoms with Crippen LogP contribution in [0.2, 0.25) is 0 Å². The van der Waals surface area contributed by atoms with E-state index in [1.165, 1.54) is 0 Å². The molecule has 4 aliphatic carbocycles. The van der Waals surface area contributed by atoms with Crippen molar-refractivity contribution < 1.29 is 35.1 Å². The third kappa shape index (κ3) is 13.0.